The summed E-state index contributed by atoms with van der Waals surface area (Å²) >= 11 is 0. The second-order valence-electron chi connectivity index (χ2n) is 15.7. The Hall–Kier alpha value is -0.910. The maximum Gasteiger partial charge on any atom is 0.222 e. The Morgan fingerprint density at radius 1 is 0.500 bits per heavy atom. The molecular weight excluding hydrogens is 618 g/mol. The van der Waals surface area contributed by atoms with Gasteiger partial charge in [0.1, 0.15) is 0 Å². The lowest BCUT2D eigenvalue weighted by molar-refractivity contribution is -0.124. The smallest absolute Gasteiger partial charge is 0.222 e. The fraction of sp³-hybridized carbons (Fsp3) is 0.933. The number of carbonyl (C=O) groups is 1. The lowest BCUT2D eigenvalue weighted by Gasteiger charge is -2.21. The number of aliphatic hydroxyl groups is 3. The lowest BCUT2D eigenvalue weighted by atomic mass is 10.0. The number of amides is 1. The van der Waals surface area contributed by atoms with E-state index in [0.29, 0.717) is 6.42 Å². The van der Waals surface area contributed by atoms with E-state index in [2.05, 4.69) is 19.2 Å². The second kappa shape index (κ2) is 40.9. The summed E-state index contributed by atoms with van der Waals surface area (Å²) < 4.78 is 0. The van der Waals surface area contributed by atoms with E-state index in [4.69, 9.17) is 0 Å². The van der Waals surface area contributed by atoms with Crippen LogP contribution in [0.1, 0.15) is 245 Å². The second-order valence-corrected chi connectivity index (χ2v) is 15.7. The minimum Gasteiger partial charge on any atom is -0.394 e. The van der Waals surface area contributed by atoms with Crippen molar-refractivity contribution >= 4 is 5.91 Å². The molecule has 0 rings (SSSR count). The van der Waals surface area contributed by atoms with Crippen LogP contribution in [-0.4, -0.2) is 46.1 Å². The van der Waals surface area contributed by atoms with Crippen molar-refractivity contribution in [3.8, 4) is 0 Å². The number of carbonyl (C=O) groups excluding carboxylic acids is 1. The van der Waals surface area contributed by atoms with Gasteiger partial charge in [-0.25, -0.2) is 0 Å². The van der Waals surface area contributed by atoms with Crippen molar-refractivity contribution in [2.75, 3.05) is 6.61 Å². The third-order valence-corrected chi connectivity index (χ3v) is 10.6. The first-order chi connectivity index (χ1) is 24.5. The Kier molecular flexibility index (Phi) is 40.1. The van der Waals surface area contributed by atoms with Crippen molar-refractivity contribution in [3.63, 3.8) is 0 Å². The summed E-state index contributed by atoms with van der Waals surface area (Å²) in [5.74, 6) is -0.313. The molecule has 0 saturated heterocycles. The molecule has 5 nitrogen and oxygen atoms in total. The SMILES string of the molecule is CCCCCCCCCCC/C=C/C(O)C(CO)NC(=O)CC(O)CCCCCCCCCCCCCCCCCCCCCCCCCC. The summed E-state index contributed by atoms with van der Waals surface area (Å²) in [6.45, 7) is 4.21. The predicted octanol–water partition coefficient (Wildman–Crippen LogP) is 12.8. The van der Waals surface area contributed by atoms with E-state index >= 15 is 0 Å². The van der Waals surface area contributed by atoms with E-state index in [1.54, 1.807) is 6.08 Å². The van der Waals surface area contributed by atoms with Crippen LogP contribution in [0.25, 0.3) is 0 Å². The van der Waals surface area contributed by atoms with Crippen molar-refractivity contribution < 1.29 is 20.1 Å². The Balaban J connectivity index is 3.54. The van der Waals surface area contributed by atoms with Crippen LogP contribution < -0.4 is 5.32 Å². The standard InChI is InChI=1S/C45H89NO4/c1-3-5-7-9-11-13-15-16-17-18-19-20-21-22-23-24-25-26-27-29-30-32-34-36-38-42(48)40-45(50)46-43(41-47)44(49)39-37-35-33-31-28-14-12-10-8-6-4-2/h37,39,42-44,47-49H,3-36,38,40-41H2,1-2H3,(H,46,50)/b39-37+. The highest BCUT2D eigenvalue weighted by molar-refractivity contribution is 5.76. The average Bonchev–Trinajstić information content (AvgIpc) is 3.11. The van der Waals surface area contributed by atoms with Crippen LogP contribution in [0, 0.1) is 0 Å². The number of rotatable bonds is 41. The summed E-state index contributed by atoms with van der Waals surface area (Å²) in [6, 6.07) is -0.738. The molecule has 0 aromatic rings. The monoisotopic (exact) mass is 708 g/mol. The number of unbranched alkanes of at least 4 members (excludes halogenated alkanes) is 32. The molecule has 3 unspecified atom stereocenters. The highest BCUT2D eigenvalue weighted by atomic mass is 16.3. The van der Waals surface area contributed by atoms with Gasteiger partial charge in [-0.3, -0.25) is 4.79 Å². The van der Waals surface area contributed by atoms with Crippen LogP contribution in [0.3, 0.4) is 0 Å². The topological polar surface area (TPSA) is 89.8 Å². The molecule has 0 aliphatic rings. The summed E-state index contributed by atoms with van der Waals surface area (Å²) in [6.07, 6.45) is 48.0. The van der Waals surface area contributed by atoms with Gasteiger partial charge in [-0.15, -0.1) is 0 Å². The van der Waals surface area contributed by atoms with Crippen molar-refractivity contribution in [2.45, 2.75) is 263 Å². The molecule has 50 heavy (non-hydrogen) atoms. The van der Waals surface area contributed by atoms with Gasteiger partial charge in [0.05, 0.1) is 31.3 Å². The first-order valence-corrected chi connectivity index (χ1v) is 22.5. The molecule has 0 aliphatic heterocycles. The van der Waals surface area contributed by atoms with Gasteiger partial charge in [0.25, 0.3) is 0 Å². The van der Waals surface area contributed by atoms with Gasteiger partial charge >= 0.3 is 0 Å². The van der Waals surface area contributed by atoms with E-state index in [1.807, 2.05) is 6.08 Å². The third kappa shape index (κ3) is 36.9. The zero-order valence-corrected chi connectivity index (χ0v) is 33.8. The van der Waals surface area contributed by atoms with E-state index in [1.165, 1.54) is 193 Å². The summed E-state index contributed by atoms with van der Waals surface area (Å²) in [5.41, 5.74) is 0. The highest BCUT2D eigenvalue weighted by Gasteiger charge is 2.20. The molecule has 0 fully saturated rings. The van der Waals surface area contributed by atoms with Crippen LogP contribution in [0.5, 0.6) is 0 Å². The van der Waals surface area contributed by atoms with Gasteiger partial charge in [0.2, 0.25) is 5.91 Å². The molecule has 4 N–H and O–H groups in total. The molecule has 0 bridgehead atoms. The molecule has 0 aromatic carbocycles. The third-order valence-electron chi connectivity index (χ3n) is 10.6. The van der Waals surface area contributed by atoms with E-state index in [-0.39, 0.29) is 18.9 Å². The Bertz CT molecular complexity index is 699. The summed E-state index contributed by atoms with van der Waals surface area (Å²) in [5, 5.41) is 33.1. The van der Waals surface area contributed by atoms with E-state index < -0.39 is 18.2 Å². The molecular formula is C45H89NO4. The Morgan fingerprint density at radius 2 is 0.820 bits per heavy atom. The minimum absolute atomic E-state index is 0.0186. The molecule has 0 aromatic heterocycles. The molecule has 1 amide bonds. The predicted molar refractivity (Wildman–Crippen MR) is 218 cm³/mol. The molecule has 0 saturated carbocycles. The fourth-order valence-electron chi connectivity index (χ4n) is 7.11. The zero-order chi connectivity index (χ0) is 36.6. The van der Waals surface area contributed by atoms with Crippen LogP contribution >= 0.6 is 0 Å². The first-order valence-electron chi connectivity index (χ1n) is 22.5. The molecule has 298 valence electrons. The molecule has 0 radical (unpaired) electrons. The number of nitrogens with one attached hydrogen (secondary N) is 1. The normalized spacial score (nSPS) is 13.6. The van der Waals surface area contributed by atoms with Gasteiger partial charge < -0.3 is 20.6 Å². The number of hydrogen-bond acceptors (Lipinski definition) is 4. The fourth-order valence-corrected chi connectivity index (χ4v) is 7.11. The summed E-state index contributed by atoms with van der Waals surface area (Å²) in [7, 11) is 0. The average molecular weight is 708 g/mol. The number of allylic oxidation sites excluding steroid dienone is 1. The zero-order valence-electron chi connectivity index (χ0n) is 33.8. The van der Waals surface area contributed by atoms with Crippen LogP contribution in [0.2, 0.25) is 0 Å². The molecule has 0 aliphatic carbocycles. The highest BCUT2D eigenvalue weighted by Crippen LogP contribution is 2.17. The number of hydrogen-bond donors (Lipinski definition) is 4. The van der Waals surface area contributed by atoms with Crippen molar-refractivity contribution in [3.05, 3.63) is 12.2 Å². The van der Waals surface area contributed by atoms with Gasteiger partial charge in [-0.1, -0.05) is 231 Å². The van der Waals surface area contributed by atoms with Crippen LogP contribution in [0.4, 0.5) is 0 Å². The van der Waals surface area contributed by atoms with Crippen LogP contribution in [-0.2, 0) is 4.79 Å². The quantitative estimate of drug-likeness (QED) is 0.0376. The molecule has 0 heterocycles. The van der Waals surface area contributed by atoms with E-state index in [0.717, 1.165) is 25.7 Å². The van der Waals surface area contributed by atoms with Crippen molar-refractivity contribution in [2.24, 2.45) is 0 Å². The van der Waals surface area contributed by atoms with E-state index in [9.17, 15) is 20.1 Å². The van der Waals surface area contributed by atoms with Gasteiger partial charge in [0, 0.05) is 0 Å². The first kappa shape index (κ1) is 49.1. The summed E-state index contributed by atoms with van der Waals surface area (Å²) in [4.78, 5) is 12.4. The van der Waals surface area contributed by atoms with Gasteiger partial charge in [-0.2, -0.15) is 0 Å². The maximum atomic E-state index is 12.4. The minimum atomic E-state index is -0.923. The molecule has 3 atom stereocenters. The van der Waals surface area contributed by atoms with Gasteiger partial charge in [-0.05, 0) is 19.3 Å². The van der Waals surface area contributed by atoms with Crippen molar-refractivity contribution in [1.29, 1.82) is 0 Å². The molecule has 5 heteroatoms. The Labute approximate surface area is 312 Å². The largest absolute Gasteiger partial charge is 0.394 e. The maximum absolute atomic E-state index is 12.4. The number of aliphatic hydroxyl groups excluding tert-OH is 3. The van der Waals surface area contributed by atoms with Gasteiger partial charge in [0.15, 0.2) is 0 Å². The van der Waals surface area contributed by atoms with Crippen LogP contribution in [0.15, 0.2) is 12.2 Å². The Morgan fingerprint density at radius 3 is 1.16 bits per heavy atom. The van der Waals surface area contributed by atoms with Crippen molar-refractivity contribution in [1.82, 2.24) is 5.32 Å². The molecule has 0 spiro atoms. The lowest BCUT2D eigenvalue weighted by Crippen LogP contribution is -2.45.